The number of aliphatic imine (C=N–C) groups is 1. The van der Waals surface area contributed by atoms with E-state index in [0.717, 1.165) is 32.5 Å². The summed E-state index contributed by atoms with van der Waals surface area (Å²) in [5.41, 5.74) is 2.69. The van der Waals surface area contributed by atoms with Crippen molar-refractivity contribution in [2.45, 2.75) is 58.8 Å². The Morgan fingerprint density at radius 2 is 1.59 bits per heavy atom. The average molecular weight is 364 g/mol. The van der Waals surface area contributed by atoms with E-state index in [-0.39, 0.29) is 0 Å². The van der Waals surface area contributed by atoms with E-state index < -0.39 is 0 Å². The zero-order valence-electron chi connectivity index (χ0n) is 16.9. The maximum Gasteiger partial charge on any atom is 0.0997 e. The van der Waals surface area contributed by atoms with Gasteiger partial charge in [0.15, 0.2) is 0 Å². The van der Waals surface area contributed by atoms with Crippen LogP contribution < -0.4 is 5.32 Å². The lowest BCUT2D eigenvalue weighted by atomic mass is 9.97. The Labute approximate surface area is 164 Å². The molecule has 3 rings (SSSR count). The predicted molar refractivity (Wildman–Crippen MR) is 115 cm³/mol. The maximum atomic E-state index is 5.13. The van der Waals surface area contributed by atoms with Crippen molar-refractivity contribution in [3.8, 4) is 0 Å². The van der Waals surface area contributed by atoms with Gasteiger partial charge in [-0.2, -0.15) is 0 Å². The van der Waals surface area contributed by atoms with Crippen LogP contribution in [0, 0.1) is 5.92 Å². The second kappa shape index (κ2) is 9.70. The quantitative estimate of drug-likeness (QED) is 0.687. The molecule has 0 aliphatic carbocycles. The molecule has 3 nitrogen and oxygen atoms in total. The van der Waals surface area contributed by atoms with Crippen molar-refractivity contribution in [1.29, 1.82) is 0 Å². The molecule has 0 saturated carbocycles. The zero-order valence-corrected chi connectivity index (χ0v) is 16.9. The molecular weight excluding hydrogens is 330 g/mol. The fourth-order valence-electron chi connectivity index (χ4n) is 3.93. The lowest BCUT2D eigenvalue weighted by molar-refractivity contribution is 0.265. The largest absolute Gasteiger partial charge is 0.350 e. The van der Waals surface area contributed by atoms with Crippen LogP contribution in [0.25, 0.3) is 0 Å². The number of amidine groups is 1. The van der Waals surface area contributed by atoms with Gasteiger partial charge in [0.2, 0.25) is 0 Å². The van der Waals surface area contributed by atoms with Crippen LogP contribution in [0.5, 0.6) is 0 Å². The molecule has 1 N–H and O–H groups in total. The third-order valence-electron chi connectivity index (χ3n) is 5.24. The second-order valence-corrected chi connectivity index (χ2v) is 7.89. The van der Waals surface area contributed by atoms with E-state index in [4.69, 9.17) is 4.99 Å². The molecule has 27 heavy (non-hydrogen) atoms. The van der Waals surface area contributed by atoms with E-state index in [1.807, 2.05) is 0 Å². The van der Waals surface area contributed by atoms with Crippen LogP contribution in [0.1, 0.15) is 44.7 Å². The van der Waals surface area contributed by atoms with Gasteiger partial charge >= 0.3 is 0 Å². The van der Waals surface area contributed by atoms with Gasteiger partial charge in [0.1, 0.15) is 0 Å². The first-order valence-corrected chi connectivity index (χ1v) is 10.3. The molecule has 0 radical (unpaired) electrons. The summed E-state index contributed by atoms with van der Waals surface area (Å²) in [7, 11) is 0. The molecule has 1 aliphatic rings. The highest BCUT2D eigenvalue weighted by Crippen LogP contribution is 2.26. The normalized spacial score (nSPS) is 19.6. The Morgan fingerprint density at radius 3 is 2.19 bits per heavy atom. The molecule has 0 bridgehead atoms. The van der Waals surface area contributed by atoms with Crippen LogP contribution in [0.2, 0.25) is 0 Å². The average Bonchev–Trinajstić information content (AvgIpc) is 2.99. The van der Waals surface area contributed by atoms with Crippen LogP contribution in [0.3, 0.4) is 0 Å². The van der Waals surface area contributed by atoms with Crippen molar-refractivity contribution in [1.82, 2.24) is 10.2 Å². The number of benzene rings is 2. The number of hydrogen-bond acceptors (Lipinski definition) is 3. The minimum atomic E-state index is 0.381. The summed E-state index contributed by atoms with van der Waals surface area (Å²) >= 11 is 0. The first-order valence-electron chi connectivity index (χ1n) is 10.3. The molecule has 0 fully saturated rings. The van der Waals surface area contributed by atoms with Crippen molar-refractivity contribution >= 4 is 5.84 Å². The SMILES string of the molecule is CCC1=N[C@H](CC(C)C)[C@@H](CNCc2ccccc2)N1Cc1ccccc1. The van der Waals surface area contributed by atoms with Crippen LogP contribution in [-0.4, -0.2) is 29.4 Å². The van der Waals surface area contributed by atoms with Gasteiger partial charge in [-0.15, -0.1) is 0 Å². The lowest BCUT2D eigenvalue weighted by Gasteiger charge is -2.31. The summed E-state index contributed by atoms with van der Waals surface area (Å²) in [6, 6.07) is 22.2. The maximum absolute atomic E-state index is 5.13. The molecule has 2 aromatic rings. The third kappa shape index (κ3) is 5.43. The minimum Gasteiger partial charge on any atom is -0.350 e. The van der Waals surface area contributed by atoms with Crippen molar-refractivity contribution in [3.05, 3.63) is 71.8 Å². The molecule has 0 aromatic heterocycles. The molecule has 1 heterocycles. The first-order chi connectivity index (χ1) is 13.2. The van der Waals surface area contributed by atoms with Gasteiger partial charge in [-0.25, -0.2) is 0 Å². The smallest absolute Gasteiger partial charge is 0.0997 e. The summed E-state index contributed by atoms with van der Waals surface area (Å²) in [5, 5.41) is 3.69. The van der Waals surface area contributed by atoms with E-state index in [9.17, 15) is 0 Å². The van der Waals surface area contributed by atoms with Crippen LogP contribution in [-0.2, 0) is 13.1 Å². The van der Waals surface area contributed by atoms with Gasteiger partial charge in [-0.3, -0.25) is 4.99 Å². The van der Waals surface area contributed by atoms with Crippen LogP contribution >= 0.6 is 0 Å². The molecule has 0 spiro atoms. The summed E-state index contributed by atoms with van der Waals surface area (Å²) in [6.45, 7) is 9.65. The number of rotatable bonds is 9. The van der Waals surface area contributed by atoms with Gasteiger partial charge in [0, 0.05) is 26.1 Å². The first kappa shape index (κ1) is 19.6. The van der Waals surface area contributed by atoms with Crippen LogP contribution in [0.4, 0.5) is 0 Å². The van der Waals surface area contributed by atoms with E-state index in [2.05, 4.69) is 91.7 Å². The predicted octanol–water partition coefficient (Wildman–Crippen LogP) is 4.88. The van der Waals surface area contributed by atoms with Crippen LogP contribution in [0.15, 0.2) is 65.7 Å². The molecule has 1 aliphatic heterocycles. The summed E-state index contributed by atoms with van der Waals surface area (Å²) < 4.78 is 0. The number of nitrogens with one attached hydrogen (secondary N) is 1. The van der Waals surface area contributed by atoms with Crippen molar-refractivity contribution in [2.24, 2.45) is 10.9 Å². The van der Waals surface area contributed by atoms with Gasteiger partial charge < -0.3 is 10.2 Å². The van der Waals surface area contributed by atoms with E-state index in [1.165, 1.54) is 17.0 Å². The molecule has 144 valence electrons. The lowest BCUT2D eigenvalue weighted by Crippen LogP contribution is -2.46. The highest BCUT2D eigenvalue weighted by atomic mass is 15.3. The monoisotopic (exact) mass is 363 g/mol. The fourth-order valence-corrected chi connectivity index (χ4v) is 3.93. The highest BCUT2D eigenvalue weighted by Gasteiger charge is 2.35. The third-order valence-corrected chi connectivity index (χ3v) is 5.24. The van der Waals surface area contributed by atoms with E-state index in [0.29, 0.717) is 18.0 Å². The summed E-state index contributed by atoms with van der Waals surface area (Å²) in [6.07, 6.45) is 2.14. The Kier molecular flexibility index (Phi) is 7.05. The molecule has 2 aromatic carbocycles. The minimum absolute atomic E-state index is 0.381. The second-order valence-electron chi connectivity index (χ2n) is 7.89. The van der Waals surface area contributed by atoms with Gasteiger partial charge in [-0.05, 0) is 23.5 Å². The molecule has 3 heteroatoms. The molecule has 0 saturated heterocycles. The molecular formula is C24H33N3. The van der Waals surface area contributed by atoms with Gasteiger partial charge in [0.05, 0.1) is 17.9 Å². The summed E-state index contributed by atoms with van der Waals surface area (Å²) in [5.74, 6) is 1.92. The van der Waals surface area contributed by atoms with Gasteiger partial charge in [-0.1, -0.05) is 81.4 Å². The van der Waals surface area contributed by atoms with Gasteiger partial charge in [0.25, 0.3) is 0 Å². The fraction of sp³-hybridized carbons (Fsp3) is 0.458. The number of nitrogens with zero attached hydrogens (tertiary/aromatic N) is 2. The Balaban J connectivity index is 1.71. The van der Waals surface area contributed by atoms with E-state index in [1.54, 1.807) is 0 Å². The topological polar surface area (TPSA) is 27.6 Å². The van der Waals surface area contributed by atoms with Crippen molar-refractivity contribution in [3.63, 3.8) is 0 Å². The zero-order chi connectivity index (χ0) is 19.1. The Hall–Kier alpha value is -2.13. The summed E-state index contributed by atoms with van der Waals surface area (Å²) in [4.78, 5) is 7.68. The standard InChI is InChI=1S/C24H33N3/c1-4-24-26-22(15-19(2)3)23(17-25-16-20-11-7-5-8-12-20)27(24)18-21-13-9-6-10-14-21/h5-14,19,22-23,25H,4,15-18H2,1-3H3/t22-,23-/m1/s1. The van der Waals surface area contributed by atoms with Crippen molar-refractivity contribution in [2.75, 3.05) is 6.54 Å². The molecule has 0 amide bonds. The molecule has 0 unspecified atom stereocenters. The highest BCUT2D eigenvalue weighted by molar-refractivity contribution is 5.84. The van der Waals surface area contributed by atoms with E-state index >= 15 is 0 Å². The Bertz CT molecular complexity index is 709. The Morgan fingerprint density at radius 1 is 0.963 bits per heavy atom. The number of hydrogen-bond donors (Lipinski definition) is 1. The molecule has 2 atom stereocenters. The van der Waals surface area contributed by atoms with Crippen molar-refractivity contribution < 1.29 is 0 Å².